The van der Waals surface area contributed by atoms with E-state index in [1.807, 2.05) is 0 Å². The van der Waals surface area contributed by atoms with Crippen LogP contribution in [0.1, 0.15) is 23.6 Å². The van der Waals surface area contributed by atoms with Crippen LogP contribution >= 0.6 is 0 Å². The fourth-order valence-electron chi connectivity index (χ4n) is 1.90. The van der Waals surface area contributed by atoms with Gasteiger partial charge in [-0.3, -0.25) is 0 Å². The largest absolute Gasteiger partial charge is 0.416 e. The molecule has 1 aromatic carbocycles. The fourth-order valence-corrected chi connectivity index (χ4v) is 1.90. The molecule has 1 saturated heterocycles. The first kappa shape index (κ1) is 11.4. The van der Waals surface area contributed by atoms with E-state index in [1.165, 1.54) is 6.07 Å². The topological polar surface area (TPSA) is 32.3 Å². The van der Waals surface area contributed by atoms with Crippen LogP contribution in [-0.4, -0.2) is 17.8 Å². The van der Waals surface area contributed by atoms with Gasteiger partial charge in [0.05, 0.1) is 11.7 Å². The predicted molar refractivity (Wildman–Crippen MR) is 52.8 cm³/mol. The third-order valence-corrected chi connectivity index (χ3v) is 2.72. The van der Waals surface area contributed by atoms with E-state index in [1.54, 1.807) is 6.07 Å². The van der Waals surface area contributed by atoms with Crippen LogP contribution < -0.4 is 5.32 Å². The van der Waals surface area contributed by atoms with E-state index in [0.29, 0.717) is 18.5 Å². The van der Waals surface area contributed by atoms with Crippen molar-refractivity contribution in [2.75, 3.05) is 6.54 Å². The Hall–Kier alpha value is -1.07. The highest BCUT2D eigenvalue weighted by Gasteiger charge is 2.31. The van der Waals surface area contributed by atoms with Gasteiger partial charge in [-0.05, 0) is 24.1 Å². The Kier molecular flexibility index (Phi) is 2.90. The minimum absolute atomic E-state index is 0.183. The second-order valence-electron chi connectivity index (χ2n) is 3.97. The van der Waals surface area contributed by atoms with Crippen molar-refractivity contribution in [3.05, 3.63) is 35.4 Å². The molecular formula is C11H12F3NO. The van der Waals surface area contributed by atoms with Crippen molar-refractivity contribution in [1.29, 1.82) is 0 Å². The quantitative estimate of drug-likeness (QED) is 0.775. The maximum atomic E-state index is 12.5. The van der Waals surface area contributed by atoms with Gasteiger partial charge in [-0.15, -0.1) is 0 Å². The number of nitrogens with one attached hydrogen (secondary N) is 1. The highest BCUT2D eigenvalue weighted by molar-refractivity contribution is 5.28. The van der Waals surface area contributed by atoms with Gasteiger partial charge in [-0.2, -0.15) is 13.2 Å². The molecule has 0 amide bonds. The molecule has 0 radical (unpaired) electrons. The molecule has 2 atom stereocenters. The Bertz CT molecular complexity index is 378. The molecule has 0 saturated carbocycles. The maximum absolute atomic E-state index is 12.5. The van der Waals surface area contributed by atoms with Crippen molar-refractivity contribution >= 4 is 0 Å². The molecule has 5 heteroatoms. The van der Waals surface area contributed by atoms with Crippen LogP contribution in [0, 0.1) is 0 Å². The van der Waals surface area contributed by atoms with Gasteiger partial charge >= 0.3 is 6.18 Å². The number of aliphatic hydroxyl groups is 1. The van der Waals surface area contributed by atoms with Crippen molar-refractivity contribution < 1.29 is 18.3 Å². The van der Waals surface area contributed by atoms with Crippen molar-refractivity contribution in [3.8, 4) is 0 Å². The molecule has 1 aromatic rings. The van der Waals surface area contributed by atoms with Crippen molar-refractivity contribution in [2.45, 2.75) is 24.7 Å². The number of rotatable bonds is 1. The van der Waals surface area contributed by atoms with E-state index in [4.69, 9.17) is 0 Å². The summed E-state index contributed by atoms with van der Waals surface area (Å²) in [6.45, 7) is 0.431. The van der Waals surface area contributed by atoms with Crippen LogP contribution in [0.4, 0.5) is 13.2 Å². The average Bonchev–Trinajstić information content (AvgIpc) is 2.64. The molecule has 1 heterocycles. The Labute approximate surface area is 91.1 Å². The van der Waals surface area contributed by atoms with E-state index < -0.39 is 17.8 Å². The molecule has 1 aliphatic rings. The maximum Gasteiger partial charge on any atom is 0.416 e. The third kappa shape index (κ3) is 2.36. The van der Waals surface area contributed by atoms with Crippen molar-refractivity contribution in [1.82, 2.24) is 5.32 Å². The van der Waals surface area contributed by atoms with Crippen molar-refractivity contribution in [3.63, 3.8) is 0 Å². The summed E-state index contributed by atoms with van der Waals surface area (Å²) < 4.78 is 37.4. The molecule has 1 fully saturated rings. The minimum Gasteiger partial charge on any atom is -0.392 e. The lowest BCUT2D eigenvalue weighted by atomic mass is 10.0. The van der Waals surface area contributed by atoms with Crippen LogP contribution in [-0.2, 0) is 6.18 Å². The summed E-state index contributed by atoms with van der Waals surface area (Å²) in [7, 11) is 0. The molecule has 0 aliphatic carbocycles. The smallest absolute Gasteiger partial charge is 0.392 e. The predicted octanol–water partition coefficient (Wildman–Crippen LogP) is 2.10. The highest BCUT2D eigenvalue weighted by Crippen LogP contribution is 2.32. The van der Waals surface area contributed by atoms with Crippen LogP contribution in [0.3, 0.4) is 0 Å². The molecule has 2 rings (SSSR count). The van der Waals surface area contributed by atoms with Crippen LogP contribution in [0.5, 0.6) is 0 Å². The molecule has 0 spiro atoms. The molecule has 16 heavy (non-hydrogen) atoms. The Balaban J connectivity index is 2.23. The first-order valence-corrected chi connectivity index (χ1v) is 5.05. The summed E-state index contributed by atoms with van der Waals surface area (Å²) in [6, 6.07) is 5.04. The lowest BCUT2D eigenvalue weighted by Gasteiger charge is -2.13. The Morgan fingerprint density at radius 2 is 2.06 bits per heavy atom. The summed E-state index contributed by atoms with van der Waals surface area (Å²) in [4.78, 5) is 0. The second-order valence-corrected chi connectivity index (χ2v) is 3.97. The third-order valence-electron chi connectivity index (χ3n) is 2.72. The van der Waals surface area contributed by atoms with Gasteiger partial charge in [-0.25, -0.2) is 0 Å². The van der Waals surface area contributed by atoms with Crippen molar-refractivity contribution in [2.24, 2.45) is 0 Å². The van der Waals surface area contributed by atoms with Gasteiger partial charge in [0.25, 0.3) is 0 Å². The minimum atomic E-state index is -4.31. The number of aliphatic hydroxyl groups excluding tert-OH is 1. The van der Waals surface area contributed by atoms with Gasteiger partial charge < -0.3 is 10.4 Å². The summed E-state index contributed by atoms with van der Waals surface area (Å²) >= 11 is 0. The lowest BCUT2D eigenvalue weighted by Crippen LogP contribution is -2.15. The summed E-state index contributed by atoms with van der Waals surface area (Å²) in [5.41, 5.74) is -0.0698. The van der Waals surface area contributed by atoms with E-state index in [9.17, 15) is 18.3 Å². The molecule has 0 aromatic heterocycles. The molecule has 0 unspecified atom stereocenters. The zero-order valence-electron chi connectivity index (χ0n) is 8.46. The Morgan fingerprint density at radius 1 is 1.31 bits per heavy atom. The highest BCUT2D eigenvalue weighted by atomic mass is 19.4. The van der Waals surface area contributed by atoms with E-state index >= 15 is 0 Å². The first-order chi connectivity index (χ1) is 7.47. The van der Waals surface area contributed by atoms with Gasteiger partial charge in [0.15, 0.2) is 0 Å². The van der Waals surface area contributed by atoms with Crippen LogP contribution in [0.2, 0.25) is 0 Å². The zero-order chi connectivity index (χ0) is 11.8. The monoisotopic (exact) mass is 231 g/mol. The van der Waals surface area contributed by atoms with Gasteiger partial charge in [0.1, 0.15) is 0 Å². The average molecular weight is 231 g/mol. The van der Waals surface area contributed by atoms with E-state index in [2.05, 4.69) is 5.32 Å². The summed E-state index contributed by atoms with van der Waals surface area (Å²) in [6.07, 6.45) is -4.33. The summed E-state index contributed by atoms with van der Waals surface area (Å²) in [5.74, 6) is 0. The Morgan fingerprint density at radius 3 is 2.62 bits per heavy atom. The van der Waals surface area contributed by atoms with Crippen LogP contribution in [0.15, 0.2) is 24.3 Å². The molecule has 0 bridgehead atoms. The van der Waals surface area contributed by atoms with E-state index in [-0.39, 0.29) is 6.04 Å². The lowest BCUT2D eigenvalue weighted by molar-refractivity contribution is -0.137. The molecule has 1 aliphatic heterocycles. The number of benzene rings is 1. The fraction of sp³-hybridized carbons (Fsp3) is 0.455. The number of hydrogen-bond donors (Lipinski definition) is 2. The second kappa shape index (κ2) is 4.07. The number of alkyl halides is 3. The SMILES string of the molecule is O[C@@H]1CN[C@H](c2cccc(C(F)(F)F)c2)C1. The number of halogens is 3. The number of hydrogen-bond acceptors (Lipinski definition) is 2. The van der Waals surface area contributed by atoms with Gasteiger partial charge in [-0.1, -0.05) is 12.1 Å². The first-order valence-electron chi connectivity index (χ1n) is 5.05. The zero-order valence-corrected chi connectivity index (χ0v) is 8.46. The summed E-state index contributed by atoms with van der Waals surface area (Å²) in [5, 5.41) is 12.3. The van der Waals surface area contributed by atoms with Crippen LogP contribution in [0.25, 0.3) is 0 Å². The molecular weight excluding hydrogens is 219 g/mol. The van der Waals surface area contributed by atoms with E-state index in [0.717, 1.165) is 12.1 Å². The standard InChI is InChI=1S/C11H12F3NO/c12-11(13,14)8-3-1-2-7(4-8)10-5-9(16)6-15-10/h1-4,9-10,15-16H,5-6H2/t9-,10-/m0/s1. The number of β-amino-alcohol motifs (C(OH)–C–C–N with tert-alkyl or cyclic N) is 1. The molecule has 88 valence electrons. The van der Waals surface area contributed by atoms with Gasteiger partial charge in [0.2, 0.25) is 0 Å². The molecule has 2 nitrogen and oxygen atoms in total. The van der Waals surface area contributed by atoms with Gasteiger partial charge in [0, 0.05) is 12.6 Å². The molecule has 2 N–H and O–H groups in total. The normalized spacial score (nSPS) is 26.0.